The van der Waals surface area contributed by atoms with Crippen molar-refractivity contribution in [3.63, 3.8) is 0 Å². The summed E-state index contributed by atoms with van der Waals surface area (Å²) in [6.45, 7) is 2.53. The zero-order chi connectivity index (χ0) is 15.1. The predicted molar refractivity (Wildman–Crippen MR) is 82.2 cm³/mol. The number of hydrogen-bond acceptors (Lipinski definition) is 2. The molecular weight excluding hydrogens is 263 g/mol. The third-order valence-corrected chi connectivity index (χ3v) is 3.55. The van der Waals surface area contributed by atoms with Gasteiger partial charge in [0.25, 0.3) is 0 Å². The second kappa shape index (κ2) is 7.56. The van der Waals surface area contributed by atoms with Crippen LogP contribution < -0.4 is 5.32 Å². The van der Waals surface area contributed by atoms with Crippen molar-refractivity contribution in [1.29, 1.82) is 5.26 Å². The molecule has 0 heterocycles. The van der Waals surface area contributed by atoms with Crippen LogP contribution in [0.4, 0.5) is 4.39 Å². The maximum Gasteiger partial charge on any atom is 0.145 e. The molecule has 0 saturated heterocycles. The third kappa shape index (κ3) is 4.40. The van der Waals surface area contributed by atoms with Crippen LogP contribution in [0.15, 0.2) is 48.5 Å². The molecule has 0 aliphatic rings. The lowest BCUT2D eigenvalue weighted by atomic mass is 10.1. The van der Waals surface area contributed by atoms with Crippen LogP contribution in [0.5, 0.6) is 0 Å². The highest BCUT2D eigenvalue weighted by Crippen LogP contribution is 2.12. The molecule has 1 N–H and O–H groups in total. The first-order chi connectivity index (χ1) is 10.2. The van der Waals surface area contributed by atoms with Crippen molar-refractivity contribution in [1.82, 2.24) is 5.32 Å². The van der Waals surface area contributed by atoms with Crippen LogP contribution in [0, 0.1) is 17.1 Å². The molecule has 2 aromatic carbocycles. The van der Waals surface area contributed by atoms with Gasteiger partial charge in [-0.25, -0.2) is 4.39 Å². The summed E-state index contributed by atoms with van der Waals surface area (Å²) in [5.74, 6) is -0.414. The van der Waals surface area contributed by atoms with E-state index in [4.69, 9.17) is 5.26 Å². The lowest BCUT2D eigenvalue weighted by Gasteiger charge is -2.14. The highest BCUT2D eigenvalue weighted by atomic mass is 19.1. The first-order valence-electron chi connectivity index (χ1n) is 7.15. The first-order valence-corrected chi connectivity index (χ1v) is 7.15. The summed E-state index contributed by atoms with van der Waals surface area (Å²) in [5.41, 5.74) is 1.95. The molecule has 21 heavy (non-hydrogen) atoms. The van der Waals surface area contributed by atoms with E-state index in [1.165, 1.54) is 11.6 Å². The van der Waals surface area contributed by atoms with Crippen LogP contribution in [0.2, 0.25) is 0 Å². The molecule has 0 aromatic heterocycles. The number of hydrogen-bond donors (Lipinski definition) is 1. The largest absolute Gasteiger partial charge is 0.310 e. The highest BCUT2D eigenvalue weighted by Gasteiger charge is 2.08. The fraction of sp³-hybridized carbons (Fsp3) is 0.278. The predicted octanol–water partition coefficient (Wildman–Crippen LogP) is 3.81. The fourth-order valence-electron chi connectivity index (χ4n) is 2.22. The quantitative estimate of drug-likeness (QED) is 0.874. The fourth-order valence-corrected chi connectivity index (χ4v) is 2.22. The van der Waals surface area contributed by atoms with Crippen molar-refractivity contribution in [3.8, 4) is 6.07 Å². The molecular formula is C18H19FN2. The number of halogens is 1. The molecule has 3 heteroatoms. The average Bonchev–Trinajstić information content (AvgIpc) is 2.53. The molecule has 0 aliphatic carbocycles. The molecule has 0 radical (unpaired) electrons. The van der Waals surface area contributed by atoms with Gasteiger partial charge in [0.15, 0.2) is 0 Å². The van der Waals surface area contributed by atoms with Crippen molar-refractivity contribution in [2.75, 3.05) is 0 Å². The van der Waals surface area contributed by atoms with E-state index in [2.05, 4.69) is 24.4 Å². The molecule has 0 fully saturated rings. The van der Waals surface area contributed by atoms with Gasteiger partial charge in [-0.05, 0) is 31.4 Å². The van der Waals surface area contributed by atoms with Gasteiger partial charge in [-0.3, -0.25) is 0 Å². The Labute approximate surface area is 125 Å². The Morgan fingerprint density at radius 3 is 2.62 bits per heavy atom. The molecule has 0 amide bonds. The molecule has 2 rings (SSSR count). The standard InChI is InChI=1S/C18H19FN2/c1-14(10-11-15-6-3-2-4-7-15)21-13-17-9-5-8-16(12-20)18(17)19/h2-9,14,21H,10-11,13H2,1H3. The van der Waals surface area contributed by atoms with Crippen molar-refractivity contribution >= 4 is 0 Å². The van der Waals surface area contributed by atoms with E-state index < -0.39 is 5.82 Å². The smallest absolute Gasteiger partial charge is 0.145 e. The van der Waals surface area contributed by atoms with Gasteiger partial charge in [0, 0.05) is 18.2 Å². The number of rotatable bonds is 6. The summed E-state index contributed by atoms with van der Waals surface area (Å²) < 4.78 is 13.9. The van der Waals surface area contributed by atoms with Crippen LogP contribution in [-0.2, 0) is 13.0 Å². The van der Waals surface area contributed by atoms with E-state index in [1.54, 1.807) is 12.1 Å². The summed E-state index contributed by atoms with van der Waals surface area (Å²) in [5, 5.41) is 12.1. The van der Waals surface area contributed by atoms with Gasteiger partial charge in [0.1, 0.15) is 11.9 Å². The maximum atomic E-state index is 13.9. The van der Waals surface area contributed by atoms with Crippen molar-refractivity contribution in [2.24, 2.45) is 0 Å². The number of nitrogens with one attached hydrogen (secondary N) is 1. The highest BCUT2D eigenvalue weighted by molar-refractivity contribution is 5.34. The minimum atomic E-state index is -0.414. The molecule has 0 saturated carbocycles. The van der Waals surface area contributed by atoms with Gasteiger partial charge >= 0.3 is 0 Å². The summed E-state index contributed by atoms with van der Waals surface area (Å²) >= 11 is 0. The Bertz CT molecular complexity index is 617. The van der Waals surface area contributed by atoms with Crippen LogP contribution in [-0.4, -0.2) is 6.04 Å². The van der Waals surface area contributed by atoms with Crippen molar-refractivity contribution in [2.45, 2.75) is 32.4 Å². The van der Waals surface area contributed by atoms with E-state index in [0.717, 1.165) is 12.8 Å². The number of nitriles is 1. The summed E-state index contributed by atoms with van der Waals surface area (Å²) in [7, 11) is 0. The summed E-state index contributed by atoms with van der Waals surface area (Å²) in [6, 6.07) is 17.4. The zero-order valence-corrected chi connectivity index (χ0v) is 12.1. The molecule has 1 unspecified atom stereocenters. The van der Waals surface area contributed by atoms with Gasteiger partial charge < -0.3 is 5.32 Å². The summed E-state index contributed by atoms with van der Waals surface area (Å²) in [4.78, 5) is 0. The van der Waals surface area contributed by atoms with E-state index >= 15 is 0 Å². The van der Waals surface area contributed by atoms with Crippen LogP contribution >= 0.6 is 0 Å². The molecule has 0 bridgehead atoms. The normalized spacial score (nSPS) is 11.9. The Kier molecular flexibility index (Phi) is 5.48. The lowest BCUT2D eigenvalue weighted by Crippen LogP contribution is -2.26. The summed E-state index contributed by atoms with van der Waals surface area (Å²) in [6.07, 6.45) is 1.99. The second-order valence-corrected chi connectivity index (χ2v) is 5.20. The number of benzene rings is 2. The van der Waals surface area contributed by atoms with E-state index in [9.17, 15) is 4.39 Å². The monoisotopic (exact) mass is 282 g/mol. The molecule has 0 aliphatic heterocycles. The Morgan fingerprint density at radius 2 is 1.90 bits per heavy atom. The SMILES string of the molecule is CC(CCc1ccccc1)NCc1cccc(C#N)c1F. The maximum absolute atomic E-state index is 13.9. The Hall–Kier alpha value is -2.18. The molecule has 108 valence electrons. The van der Waals surface area contributed by atoms with Gasteiger partial charge in [-0.1, -0.05) is 42.5 Å². The van der Waals surface area contributed by atoms with Gasteiger partial charge in [0.05, 0.1) is 5.56 Å². The number of nitrogens with zero attached hydrogens (tertiary/aromatic N) is 1. The van der Waals surface area contributed by atoms with Crippen LogP contribution in [0.1, 0.15) is 30.0 Å². The van der Waals surface area contributed by atoms with Crippen molar-refractivity contribution < 1.29 is 4.39 Å². The minimum Gasteiger partial charge on any atom is -0.310 e. The topological polar surface area (TPSA) is 35.8 Å². The van der Waals surface area contributed by atoms with E-state index in [1.807, 2.05) is 24.3 Å². The molecule has 1 atom stereocenters. The van der Waals surface area contributed by atoms with Gasteiger partial charge in [-0.15, -0.1) is 0 Å². The molecule has 0 spiro atoms. The first kappa shape index (κ1) is 15.2. The van der Waals surface area contributed by atoms with E-state index in [0.29, 0.717) is 12.1 Å². The van der Waals surface area contributed by atoms with Gasteiger partial charge in [0.2, 0.25) is 0 Å². The zero-order valence-electron chi connectivity index (χ0n) is 12.1. The Balaban J connectivity index is 1.84. The third-order valence-electron chi connectivity index (χ3n) is 3.55. The minimum absolute atomic E-state index is 0.103. The van der Waals surface area contributed by atoms with Gasteiger partial charge in [-0.2, -0.15) is 5.26 Å². The molecule has 2 nitrogen and oxygen atoms in total. The second-order valence-electron chi connectivity index (χ2n) is 5.20. The van der Waals surface area contributed by atoms with Crippen molar-refractivity contribution in [3.05, 3.63) is 71.0 Å². The Morgan fingerprint density at radius 1 is 1.14 bits per heavy atom. The lowest BCUT2D eigenvalue weighted by molar-refractivity contribution is 0.500. The van der Waals surface area contributed by atoms with Crippen LogP contribution in [0.25, 0.3) is 0 Å². The number of aryl methyl sites for hydroxylation is 1. The average molecular weight is 282 g/mol. The molecule has 2 aromatic rings. The van der Waals surface area contributed by atoms with E-state index in [-0.39, 0.29) is 11.6 Å². The van der Waals surface area contributed by atoms with Crippen LogP contribution in [0.3, 0.4) is 0 Å².